The summed E-state index contributed by atoms with van der Waals surface area (Å²) >= 11 is 0. The molecule has 0 spiro atoms. The van der Waals surface area contributed by atoms with Crippen LogP contribution in [0.25, 0.3) is 11.3 Å². The van der Waals surface area contributed by atoms with E-state index in [1.54, 1.807) is 7.11 Å². The Labute approximate surface area is 167 Å². The summed E-state index contributed by atoms with van der Waals surface area (Å²) in [7, 11) is 1.62. The number of nitrogens with one attached hydrogen (secondary N) is 2. The largest absolute Gasteiger partial charge is 0.496 e. The lowest BCUT2D eigenvalue weighted by atomic mass is 9.81. The molecule has 0 amide bonds. The Morgan fingerprint density at radius 1 is 1.24 bits per heavy atom. The van der Waals surface area contributed by atoms with Crippen LogP contribution in [0.5, 0.6) is 11.5 Å². The average molecular weight is 391 g/mol. The Morgan fingerprint density at radius 2 is 2.07 bits per heavy atom. The lowest BCUT2D eigenvalue weighted by Gasteiger charge is -2.32. The first kappa shape index (κ1) is 18.7. The van der Waals surface area contributed by atoms with Crippen molar-refractivity contribution in [3.63, 3.8) is 0 Å². The van der Waals surface area contributed by atoms with Crippen molar-refractivity contribution in [1.82, 2.24) is 20.2 Å². The van der Waals surface area contributed by atoms with Crippen molar-refractivity contribution in [2.45, 2.75) is 18.9 Å². The molecule has 1 aliphatic carbocycles. The predicted molar refractivity (Wildman–Crippen MR) is 107 cm³/mol. The lowest BCUT2D eigenvalue weighted by molar-refractivity contribution is 0.160. The van der Waals surface area contributed by atoms with E-state index in [1.165, 1.54) is 12.4 Å². The second-order valence-electron chi connectivity index (χ2n) is 6.93. The van der Waals surface area contributed by atoms with Gasteiger partial charge in [0.25, 0.3) is 0 Å². The van der Waals surface area contributed by atoms with E-state index >= 15 is 0 Å². The number of aromatic amines is 1. The fourth-order valence-corrected chi connectivity index (χ4v) is 3.29. The summed E-state index contributed by atoms with van der Waals surface area (Å²) in [4.78, 5) is 8.13. The number of ether oxygens (including phenoxy) is 2. The zero-order valence-corrected chi connectivity index (χ0v) is 15.9. The number of methoxy groups -OCH3 is 1. The van der Waals surface area contributed by atoms with Crippen LogP contribution in [0.2, 0.25) is 0 Å². The van der Waals surface area contributed by atoms with Gasteiger partial charge in [0.2, 0.25) is 0 Å². The van der Waals surface area contributed by atoms with Crippen LogP contribution in [0, 0.1) is 17.2 Å². The number of hydrogen-bond acceptors (Lipinski definition) is 8. The summed E-state index contributed by atoms with van der Waals surface area (Å²) in [5.74, 6) is 2.93. The summed E-state index contributed by atoms with van der Waals surface area (Å²) in [5, 5.41) is 19.2. The van der Waals surface area contributed by atoms with Gasteiger partial charge in [-0.05, 0) is 30.9 Å². The van der Waals surface area contributed by atoms with Crippen LogP contribution < -0.4 is 20.5 Å². The number of hydrogen-bond donors (Lipinski definition) is 3. The number of benzene rings is 1. The molecule has 2 heterocycles. The molecule has 0 saturated heterocycles. The zero-order chi connectivity index (χ0) is 20.2. The molecule has 0 unspecified atom stereocenters. The molecule has 0 bridgehead atoms. The first-order valence-electron chi connectivity index (χ1n) is 9.26. The van der Waals surface area contributed by atoms with E-state index in [4.69, 9.17) is 20.5 Å². The molecule has 148 valence electrons. The molecule has 1 fully saturated rings. The van der Waals surface area contributed by atoms with Gasteiger partial charge in [-0.15, -0.1) is 0 Å². The number of anilines is 2. The van der Waals surface area contributed by atoms with E-state index in [2.05, 4.69) is 25.5 Å². The molecular formula is C20H21N7O2. The average Bonchev–Trinajstić information content (AvgIpc) is 3.18. The molecule has 1 aromatic carbocycles. The van der Waals surface area contributed by atoms with E-state index in [0.717, 1.165) is 29.8 Å². The second-order valence-corrected chi connectivity index (χ2v) is 6.93. The zero-order valence-electron chi connectivity index (χ0n) is 15.9. The molecule has 1 aliphatic rings. The first-order valence-corrected chi connectivity index (χ1v) is 9.26. The van der Waals surface area contributed by atoms with E-state index in [0.29, 0.717) is 36.0 Å². The molecule has 4 N–H and O–H groups in total. The summed E-state index contributed by atoms with van der Waals surface area (Å²) in [6.07, 6.45) is 4.86. The molecule has 0 aliphatic heterocycles. The van der Waals surface area contributed by atoms with Crippen LogP contribution in [0.4, 0.5) is 11.6 Å². The highest BCUT2D eigenvalue weighted by atomic mass is 16.5. The van der Waals surface area contributed by atoms with Crippen molar-refractivity contribution >= 4 is 11.6 Å². The molecule has 4 rings (SSSR count). The molecule has 2 aromatic heterocycles. The highest BCUT2D eigenvalue weighted by molar-refractivity contribution is 5.76. The summed E-state index contributed by atoms with van der Waals surface area (Å²) in [6.45, 7) is 0.619. The van der Waals surface area contributed by atoms with Crippen LogP contribution >= 0.6 is 0 Å². The van der Waals surface area contributed by atoms with Crippen LogP contribution in [0.15, 0.2) is 36.7 Å². The van der Waals surface area contributed by atoms with Gasteiger partial charge in [-0.25, -0.2) is 9.97 Å². The van der Waals surface area contributed by atoms with Gasteiger partial charge in [-0.3, -0.25) is 5.10 Å². The molecule has 29 heavy (non-hydrogen) atoms. The maximum absolute atomic E-state index is 8.81. The number of nitrogens with two attached hydrogens (primary N) is 1. The fraction of sp³-hybridized carbons (Fsp3) is 0.300. The number of aromatic nitrogens is 4. The Kier molecular flexibility index (Phi) is 5.27. The van der Waals surface area contributed by atoms with Gasteiger partial charge in [-0.1, -0.05) is 6.07 Å². The maximum Gasteiger partial charge on any atom is 0.158 e. The molecular weight excluding hydrogens is 370 g/mol. The minimum Gasteiger partial charge on any atom is -0.496 e. The number of rotatable bonds is 7. The monoisotopic (exact) mass is 391 g/mol. The predicted octanol–water partition coefficient (Wildman–Crippen LogP) is 2.61. The number of nitrogens with zero attached hydrogens (tertiary/aromatic N) is 4. The molecule has 9 heteroatoms. The van der Waals surface area contributed by atoms with Gasteiger partial charge in [0, 0.05) is 12.1 Å². The van der Waals surface area contributed by atoms with Crippen molar-refractivity contribution in [3.8, 4) is 28.8 Å². The Balaban J connectivity index is 1.54. The molecule has 0 radical (unpaired) electrons. The highest BCUT2D eigenvalue weighted by Gasteiger charge is 2.27. The van der Waals surface area contributed by atoms with E-state index in [9.17, 15) is 0 Å². The van der Waals surface area contributed by atoms with Crippen LogP contribution in [-0.4, -0.2) is 39.9 Å². The maximum atomic E-state index is 8.81. The third-order valence-electron chi connectivity index (χ3n) is 4.82. The van der Waals surface area contributed by atoms with Crippen LogP contribution in [0.1, 0.15) is 18.5 Å². The van der Waals surface area contributed by atoms with Crippen molar-refractivity contribution in [2.75, 3.05) is 19.0 Å². The molecule has 0 atom stereocenters. The van der Waals surface area contributed by atoms with Gasteiger partial charge in [0.15, 0.2) is 11.5 Å². The van der Waals surface area contributed by atoms with Crippen LogP contribution in [-0.2, 0) is 0 Å². The third kappa shape index (κ3) is 4.12. The Bertz CT molecular complexity index is 1020. The van der Waals surface area contributed by atoms with E-state index in [1.807, 2.05) is 30.3 Å². The van der Waals surface area contributed by atoms with Gasteiger partial charge < -0.3 is 20.5 Å². The van der Waals surface area contributed by atoms with Crippen molar-refractivity contribution in [2.24, 2.45) is 11.7 Å². The van der Waals surface area contributed by atoms with Crippen molar-refractivity contribution < 1.29 is 9.47 Å². The minimum atomic E-state index is 0.251. The van der Waals surface area contributed by atoms with Gasteiger partial charge in [0.05, 0.1) is 37.4 Å². The van der Waals surface area contributed by atoms with Crippen LogP contribution in [0.3, 0.4) is 0 Å². The van der Waals surface area contributed by atoms with Gasteiger partial charge in [0.1, 0.15) is 23.4 Å². The fourth-order valence-electron chi connectivity index (χ4n) is 3.29. The highest BCUT2D eigenvalue weighted by Crippen LogP contribution is 2.39. The Morgan fingerprint density at radius 3 is 2.76 bits per heavy atom. The third-order valence-corrected chi connectivity index (χ3v) is 4.82. The second kappa shape index (κ2) is 8.16. The summed E-state index contributed by atoms with van der Waals surface area (Å²) in [6, 6.07) is 9.75. The SMILES string of the molecule is COc1cccc(OC[C@H]2C[C@H](N)C2)c1-c1cc(Nc2cnc(C#N)cn2)n[nH]1. The molecule has 1 saturated carbocycles. The topological polar surface area (TPSA) is 135 Å². The quantitative estimate of drug-likeness (QED) is 0.559. The lowest BCUT2D eigenvalue weighted by Crippen LogP contribution is -2.39. The van der Waals surface area contributed by atoms with Gasteiger partial charge in [-0.2, -0.15) is 10.4 Å². The first-order chi connectivity index (χ1) is 14.2. The summed E-state index contributed by atoms with van der Waals surface area (Å²) < 4.78 is 11.6. The standard InChI is InChI=1S/C20H21N7O2/c1-28-16-3-2-4-17(29-11-12-5-13(22)6-12)20(16)15-7-18(27-26-15)25-19-10-23-14(8-21)9-24-19/h2-4,7,9-10,12-13H,5-6,11,22H2,1H3,(H2,24,25,26,27)/t12-,13-. The minimum absolute atomic E-state index is 0.251. The van der Waals surface area contributed by atoms with Crippen molar-refractivity contribution in [1.29, 1.82) is 5.26 Å². The molecule has 3 aromatic rings. The summed E-state index contributed by atoms with van der Waals surface area (Å²) in [5.41, 5.74) is 7.66. The van der Waals surface area contributed by atoms with Crippen molar-refractivity contribution in [3.05, 3.63) is 42.4 Å². The number of nitriles is 1. The van der Waals surface area contributed by atoms with Gasteiger partial charge >= 0.3 is 0 Å². The van der Waals surface area contributed by atoms with E-state index < -0.39 is 0 Å². The Hall–Kier alpha value is -3.64. The van der Waals surface area contributed by atoms with E-state index in [-0.39, 0.29) is 5.69 Å². The normalized spacial score (nSPS) is 17.8. The smallest absolute Gasteiger partial charge is 0.158 e. The molecule has 9 nitrogen and oxygen atoms in total. The number of H-pyrrole nitrogens is 1.